The summed E-state index contributed by atoms with van der Waals surface area (Å²) in [6.07, 6.45) is 6.27. The van der Waals surface area contributed by atoms with Gasteiger partial charge in [-0.3, -0.25) is 14.7 Å². The lowest BCUT2D eigenvalue weighted by Crippen LogP contribution is -2.54. The number of rotatable bonds is 11. The number of nitrogens with one attached hydrogen (secondary N) is 1. The molecule has 38 heavy (non-hydrogen) atoms. The van der Waals surface area contributed by atoms with Gasteiger partial charge in [-0.05, 0) is 87.3 Å². The molecule has 1 N–H and O–H groups in total. The molecular formula is C30H34Cl2N4O2. The number of carbonyl (C=O) groups is 1. The van der Waals surface area contributed by atoms with Crippen molar-refractivity contribution >= 4 is 29.1 Å². The molecule has 8 heteroatoms. The highest BCUT2D eigenvalue weighted by Crippen LogP contribution is 2.31. The molecule has 2 aliphatic rings. The molecule has 3 heterocycles. The van der Waals surface area contributed by atoms with Crippen LogP contribution in [0.2, 0.25) is 10.0 Å². The van der Waals surface area contributed by atoms with Crippen molar-refractivity contribution in [2.45, 2.75) is 31.8 Å². The maximum atomic E-state index is 12.8. The summed E-state index contributed by atoms with van der Waals surface area (Å²) >= 11 is 12.2. The van der Waals surface area contributed by atoms with Gasteiger partial charge in [0.1, 0.15) is 11.9 Å². The van der Waals surface area contributed by atoms with Gasteiger partial charge in [-0.15, -0.1) is 0 Å². The van der Waals surface area contributed by atoms with E-state index >= 15 is 0 Å². The van der Waals surface area contributed by atoms with Gasteiger partial charge in [0.2, 0.25) is 0 Å². The third kappa shape index (κ3) is 7.06. The van der Waals surface area contributed by atoms with Crippen LogP contribution in [0.15, 0.2) is 60.8 Å². The Hall–Kier alpha value is -2.64. The van der Waals surface area contributed by atoms with Crippen molar-refractivity contribution in [2.24, 2.45) is 0 Å². The van der Waals surface area contributed by atoms with Crippen molar-refractivity contribution in [1.29, 1.82) is 0 Å². The Bertz CT molecular complexity index is 1240. The van der Waals surface area contributed by atoms with Crippen LogP contribution in [0.25, 0.3) is 11.3 Å². The summed E-state index contributed by atoms with van der Waals surface area (Å²) in [5.41, 5.74) is 3.42. The van der Waals surface area contributed by atoms with Crippen molar-refractivity contribution in [3.05, 3.63) is 82.0 Å². The van der Waals surface area contributed by atoms with E-state index in [1.807, 2.05) is 48.5 Å². The standard InChI is InChI=1S/C30H34Cl2N4O2/c31-26-9-8-22(18-27(26)32)11-17-36-20-24(21-36)38-29-7-2-1-6-25(29)28-19-23(10-13-33-28)30(37)34-12-5-16-35-14-3-4-15-35/h1-2,6-10,13,18-19,24H,3-5,11-12,14-17,20-21H2,(H,34,37). The lowest BCUT2D eigenvalue weighted by Gasteiger charge is -2.39. The molecule has 0 aliphatic carbocycles. The number of hydrogen-bond acceptors (Lipinski definition) is 5. The Balaban J connectivity index is 1.12. The zero-order valence-electron chi connectivity index (χ0n) is 21.5. The third-order valence-electron chi connectivity index (χ3n) is 7.24. The molecule has 6 nitrogen and oxygen atoms in total. The molecule has 0 radical (unpaired) electrons. The van der Waals surface area contributed by atoms with Crippen LogP contribution in [0.1, 0.15) is 35.2 Å². The summed E-state index contributed by atoms with van der Waals surface area (Å²) in [6, 6.07) is 17.3. The van der Waals surface area contributed by atoms with Crippen LogP contribution in [0, 0.1) is 0 Å². The zero-order valence-corrected chi connectivity index (χ0v) is 23.1. The van der Waals surface area contributed by atoms with Crippen LogP contribution in [0.4, 0.5) is 0 Å². The van der Waals surface area contributed by atoms with E-state index in [0.717, 1.165) is 56.0 Å². The van der Waals surface area contributed by atoms with Crippen molar-refractivity contribution < 1.29 is 9.53 Å². The summed E-state index contributed by atoms with van der Waals surface area (Å²) in [6.45, 7) is 6.75. The molecule has 1 aromatic heterocycles. The lowest BCUT2D eigenvalue weighted by molar-refractivity contribution is 0.0212. The summed E-state index contributed by atoms with van der Waals surface area (Å²) in [5.74, 6) is 0.724. The van der Waals surface area contributed by atoms with E-state index in [4.69, 9.17) is 27.9 Å². The van der Waals surface area contributed by atoms with Crippen LogP contribution in [0.3, 0.4) is 0 Å². The van der Waals surface area contributed by atoms with Crippen LogP contribution >= 0.6 is 23.2 Å². The van der Waals surface area contributed by atoms with Gasteiger partial charge < -0.3 is 15.0 Å². The summed E-state index contributed by atoms with van der Waals surface area (Å²) < 4.78 is 6.36. The monoisotopic (exact) mass is 552 g/mol. The molecule has 2 fully saturated rings. The molecular weight excluding hydrogens is 519 g/mol. The molecule has 1 amide bonds. The minimum atomic E-state index is -0.0647. The molecule has 0 saturated carbocycles. The normalized spacial score (nSPS) is 16.4. The van der Waals surface area contributed by atoms with E-state index in [2.05, 4.69) is 20.1 Å². The number of ether oxygens (including phenoxy) is 1. The molecule has 0 atom stereocenters. The second kappa shape index (κ2) is 12.9. The number of nitrogens with zero attached hydrogens (tertiary/aromatic N) is 3. The lowest BCUT2D eigenvalue weighted by atomic mass is 10.1. The van der Waals surface area contributed by atoms with Crippen molar-refractivity contribution in [3.63, 3.8) is 0 Å². The van der Waals surface area contributed by atoms with Gasteiger partial charge in [-0.2, -0.15) is 0 Å². The van der Waals surface area contributed by atoms with E-state index in [-0.39, 0.29) is 12.0 Å². The minimum absolute atomic E-state index is 0.0647. The average Bonchev–Trinajstić information content (AvgIpc) is 3.43. The largest absolute Gasteiger partial charge is 0.487 e. The smallest absolute Gasteiger partial charge is 0.251 e. The highest BCUT2D eigenvalue weighted by molar-refractivity contribution is 6.42. The highest BCUT2D eigenvalue weighted by Gasteiger charge is 2.28. The van der Waals surface area contributed by atoms with Crippen LogP contribution in [-0.4, -0.2) is 72.6 Å². The van der Waals surface area contributed by atoms with E-state index in [1.165, 1.54) is 31.5 Å². The van der Waals surface area contributed by atoms with Gasteiger partial charge in [0.05, 0.1) is 15.7 Å². The van der Waals surface area contributed by atoms with Gasteiger partial charge in [0.15, 0.2) is 0 Å². The van der Waals surface area contributed by atoms with Gasteiger partial charge in [0, 0.05) is 43.5 Å². The van der Waals surface area contributed by atoms with Gasteiger partial charge in [-0.25, -0.2) is 0 Å². The Kier molecular flexibility index (Phi) is 9.18. The molecule has 0 spiro atoms. The molecule has 3 aromatic rings. The first-order valence-corrected chi connectivity index (χ1v) is 14.2. The first-order chi connectivity index (χ1) is 18.5. The zero-order chi connectivity index (χ0) is 26.3. The second-order valence-electron chi connectivity index (χ2n) is 10.1. The number of aromatic nitrogens is 1. The van der Waals surface area contributed by atoms with Crippen molar-refractivity contribution in [3.8, 4) is 17.0 Å². The van der Waals surface area contributed by atoms with Gasteiger partial charge >= 0.3 is 0 Å². The van der Waals surface area contributed by atoms with E-state index in [9.17, 15) is 4.79 Å². The Morgan fingerprint density at radius 2 is 1.79 bits per heavy atom. The topological polar surface area (TPSA) is 57.7 Å². The number of halogens is 2. The molecule has 2 saturated heterocycles. The summed E-state index contributed by atoms with van der Waals surface area (Å²) in [5, 5.41) is 4.24. The van der Waals surface area contributed by atoms with Gasteiger partial charge in [0.25, 0.3) is 5.91 Å². The average molecular weight is 554 g/mol. The molecule has 5 rings (SSSR count). The summed E-state index contributed by atoms with van der Waals surface area (Å²) in [7, 11) is 0. The fourth-order valence-corrected chi connectivity index (χ4v) is 5.38. The Morgan fingerprint density at radius 3 is 2.61 bits per heavy atom. The Morgan fingerprint density at radius 1 is 0.974 bits per heavy atom. The maximum Gasteiger partial charge on any atom is 0.251 e. The van der Waals surface area contributed by atoms with E-state index < -0.39 is 0 Å². The van der Waals surface area contributed by atoms with Crippen molar-refractivity contribution in [1.82, 2.24) is 20.1 Å². The van der Waals surface area contributed by atoms with Gasteiger partial charge in [-0.1, -0.05) is 41.4 Å². The molecule has 0 unspecified atom stereocenters. The predicted molar refractivity (Wildman–Crippen MR) is 153 cm³/mol. The van der Waals surface area contributed by atoms with Crippen LogP contribution in [0.5, 0.6) is 5.75 Å². The highest BCUT2D eigenvalue weighted by atomic mass is 35.5. The first kappa shape index (κ1) is 26.9. The molecule has 200 valence electrons. The van der Waals surface area contributed by atoms with Crippen LogP contribution < -0.4 is 10.1 Å². The van der Waals surface area contributed by atoms with E-state index in [1.54, 1.807) is 12.3 Å². The van der Waals surface area contributed by atoms with E-state index in [0.29, 0.717) is 22.2 Å². The Labute approximate surface area is 234 Å². The fourth-order valence-electron chi connectivity index (χ4n) is 5.05. The molecule has 2 aromatic carbocycles. The first-order valence-electron chi connectivity index (χ1n) is 13.4. The fraction of sp³-hybridized carbons (Fsp3) is 0.400. The maximum absolute atomic E-state index is 12.8. The predicted octanol–water partition coefficient (Wildman–Crippen LogP) is 5.58. The van der Waals surface area contributed by atoms with Crippen LogP contribution in [-0.2, 0) is 6.42 Å². The minimum Gasteiger partial charge on any atom is -0.487 e. The third-order valence-corrected chi connectivity index (χ3v) is 7.98. The number of para-hydroxylation sites is 1. The molecule has 0 bridgehead atoms. The number of pyridine rings is 1. The number of likely N-dealkylation sites (tertiary alicyclic amines) is 2. The summed E-state index contributed by atoms with van der Waals surface area (Å²) in [4.78, 5) is 22.1. The molecule has 2 aliphatic heterocycles. The second-order valence-corrected chi connectivity index (χ2v) is 10.9. The van der Waals surface area contributed by atoms with Crippen molar-refractivity contribution in [2.75, 3.05) is 45.8 Å². The number of amides is 1. The number of benzene rings is 2. The number of carbonyl (C=O) groups excluding carboxylic acids is 1. The quantitative estimate of drug-likeness (QED) is 0.315. The number of hydrogen-bond donors (Lipinski definition) is 1. The SMILES string of the molecule is O=C(NCCCN1CCCC1)c1ccnc(-c2ccccc2OC2CN(CCc3ccc(Cl)c(Cl)c3)C2)c1.